The van der Waals surface area contributed by atoms with E-state index in [9.17, 15) is 0 Å². The molecule has 4 heterocycles. The summed E-state index contributed by atoms with van der Waals surface area (Å²) in [5.74, 6) is 0.880. The normalized spacial score (nSPS) is 11.2. The van der Waals surface area contributed by atoms with Gasteiger partial charge in [-0.1, -0.05) is 36.4 Å². The molecule has 0 aliphatic carbocycles. The van der Waals surface area contributed by atoms with Gasteiger partial charge in [0.1, 0.15) is 5.82 Å². The fraction of sp³-hybridized carbons (Fsp3) is 0. The molecule has 0 N–H and O–H groups in total. The molecule has 0 amide bonds. The highest BCUT2D eigenvalue weighted by molar-refractivity contribution is 6.09. The van der Waals surface area contributed by atoms with Gasteiger partial charge < -0.3 is 0 Å². The molecule has 0 bridgehead atoms. The Kier molecular flexibility index (Phi) is 4.06. The molecule has 0 unspecified atom stereocenters. The van der Waals surface area contributed by atoms with Crippen LogP contribution < -0.4 is 0 Å². The van der Waals surface area contributed by atoms with Crippen LogP contribution >= 0.6 is 0 Å². The molecule has 0 atom stereocenters. The summed E-state index contributed by atoms with van der Waals surface area (Å²) in [5, 5.41) is 2.44. The van der Waals surface area contributed by atoms with Gasteiger partial charge in [-0.2, -0.15) is 0 Å². The first-order chi connectivity index (χ1) is 15.4. The van der Waals surface area contributed by atoms with Crippen LogP contribution in [-0.2, 0) is 0 Å². The Bertz CT molecular complexity index is 1410. The van der Waals surface area contributed by atoms with Crippen molar-refractivity contribution in [2.45, 2.75) is 0 Å². The number of benzene rings is 2. The molecule has 31 heavy (non-hydrogen) atoms. The second kappa shape index (κ2) is 7.18. The molecule has 2 aromatic carbocycles. The van der Waals surface area contributed by atoms with Crippen LogP contribution in [0.2, 0.25) is 0 Å². The highest BCUT2D eigenvalue weighted by Gasteiger charge is 2.15. The van der Waals surface area contributed by atoms with Crippen molar-refractivity contribution in [2.24, 2.45) is 0 Å². The number of nitrogens with zero attached hydrogens (tertiary/aromatic N) is 4. The van der Waals surface area contributed by atoms with E-state index in [0.29, 0.717) is 0 Å². The summed E-state index contributed by atoms with van der Waals surface area (Å²) in [7, 11) is 0. The third-order valence-corrected chi connectivity index (χ3v) is 5.59. The van der Waals surface area contributed by atoms with Gasteiger partial charge in [0.2, 0.25) is 0 Å². The van der Waals surface area contributed by atoms with Gasteiger partial charge in [-0.15, -0.1) is 0 Å². The Labute approximate surface area is 179 Å². The quantitative estimate of drug-likeness (QED) is 0.351. The highest BCUT2D eigenvalue weighted by atomic mass is 15.1. The first kappa shape index (κ1) is 17.5. The molecule has 0 radical (unpaired) electrons. The Morgan fingerprint density at radius 3 is 1.94 bits per heavy atom. The first-order valence-electron chi connectivity index (χ1n) is 10.2. The molecule has 4 nitrogen and oxygen atoms in total. The molecular formula is C27H18N4. The van der Waals surface area contributed by atoms with Crippen molar-refractivity contribution >= 4 is 21.8 Å². The third-order valence-electron chi connectivity index (χ3n) is 5.59. The molecule has 6 aromatic rings. The fourth-order valence-corrected chi connectivity index (χ4v) is 4.17. The van der Waals surface area contributed by atoms with Gasteiger partial charge in [0.25, 0.3) is 0 Å². The first-order valence-corrected chi connectivity index (χ1v) is 10.2. The molecule has 0 saturated heterocycles. The van der Waals surface area contributed by atoms with Crippen LogP contribution in [0.25, 0.3) is 50.0 Å². The maximum atomic E-state index is 5.08. The van der Waals surface area contributed by atoms with E-state index in [0.717, 1.165) is 39.2 Å². The molecule has 0 saturated carbocycles. The molecule has 0 spiro atoms. The smallest absolute Gasteiger partial charge is 0.138 e. The van der Waals surface area contributed by atoms with E-state index < -0.39 is 0 Å². The molecule has 4 aromatic heterocycles. The van der Waals surface area contributed by atoms with Gasteiger partial charge in [-0.05, 0) is 59.7 Å². The van der Waals surface area contributed by atoms with E-state index in [1.54, 1.807) is 6.20 Å². The van der Waals surface area contributed by atoms with Gasteiger partial charge in [-0.3, -0.25) is 14.5 Å². The van der Waals surface area contributed by atoms with E-state index in [-0.39, 0.29) is 0 Å². The zero-order valence-corrected chi connectivity index (χ0v) is 16.7. The summed E-state index contributed by atoms with van der Waals surface area (Å²) < 4.78 is 2.25. The number of para-hydroxylation sites is 2. The Hall–Kier alpha value is -4.31. The van der Waals surface area contributed by atoms with Crippen molar-refractivity contribution in [3.05, 3.63) is 110 Å². The van der Waals surface area contributed by atoms with Crippen LogP contribution in [-0.4, -0.2) is 19.5 Å². The Morgan fingerprint density at radius 1 is 0.548 bits per heavy atom. The van der Waals surface area contributed by atoms with Gasteiger partial charge in [0.15, 0.2) is 0 Å². The van der Waals surface area contributed by atoms with E-state index in [1.165, 1.54) is 10.8 Å². The summed E-state index contributed by atoms with van der Waals surface area (Å²) in [6.45, 7) is 0. The standard InChI is InChI=1S/C27H18N4/c1-3-9-25-22(7-1)23-8-2-4-10-26(23)31(25)27-17-21(19-11-14-28-15-12-19)16-24(30-27)20-6-5-13-29-18-20/h1-18H. The Balaban J connectivity index is 1.69. The summed E-state index contributed by atoms with van der Waals surface area (Å²) in [6, 6.07) is 29.3. The number of pyridine rings is 3. The molecule has 146 valence electrons. The number of fused-ring (bicyclic) bond motifs is 3. The molecular weight excluding hydrogens is 380 g/mol. The number of rotatable bonds is 3. The highest BCUT2D eigenvalue weighted by Crippen LogP contribution is 2.34. The monoisotopic (exact) mass is 398 g/mol. The zero-order chi connectivity index (χ0) is 20.6. The van der Waals surface area contributed by atoms with Crippen LogP contribution in [0.1, 0.15) is 0 Å². The minimum absolute atomic E-state index is 0.880. The molecule has 4 heteroatoms. The van der Waals surface area contributed by atoms with Crippen molar-refractivity contribution in [3.63, 3.8) is 0 Å². The van der Waals surface area contributed by atoms with Crippen LogP contribution in [0.15, 0.2) is 110 Å². The summed E-state index contributed by atoms with van der Waals surface area (Å²) in [6.07, 6.45) is 7.28. The van der Waals surface area contributed by atoms with Gasteiger partial charge >= 0.3 is 0 Å². The molecule has 0 fully saturated rings. The van der Waals surface area contributed by atoms with Crippen LogP contribution in [0.4, 0.5) is 0 Å². The minimum Gasteiger partial charge on any atom is -0.294 e. The predicted octanol–water partition coefficient (Wildman–Crippen LogP) is 6.30. The number of hydrogen-bond acceptors (Lipinski definition) is 3. The largest absolute Gasteiger partial charge is 0.294 e. The maximum absolute atomic E-state index is 5.08. The summed E-state index contributed by atoms with van der Waals surface area (Å²) in [4.78, 5) is 13.6. The van der Waals surface area contributed by atoms with Crippen molar-refractivity contribution < 1.29 is 0 Å². The van der Waals surface area contributed by atoms with E-state index in [1.807, 2.05) is 42.9 Å². The van der Waals surface area contributed by atoms with Gasteiger partial charge in [-0.25, -0.2) is 4.98 Å². The second-order valence-electron chi connectivity index (χ2n) is 7.45. The third kappa shape index (κ3) is 2.97. The number of hydrogen-bond donors (Lipinski definition) is 0. The lowest BCUT2D eigenvalue weighted by molar-refractivity contribution is 1.08. The summed E-state index contributed by atoms with van der Waals surface area (Å²) >= 11 is 0. The fourth-order valence-electron chi connectivity index (χ4n) is 4.17. The summed E-state index contributed by atoms with van der Waals surface area (Å²) in [5.41, 5.74) is 6.35. The van der Waals surface area contributed by atoms with Gasteiger partial charge in [0.05, 0.1) is 16.7 Å². The van der Waals surface area contributed by atoms with Crippen molar-refractivity contribution in [1.82, 2.24) is 19.5 Å². The zero-order valence-electron chi connectivity index (χ0n) is 16.7. The van der Waals surface area contributed by atoms with Crippen LogP contribution in [0.5, 0.6) is 0 Å². The van der Waals surface area contributed by atoms with Crippen LogP contribution in [0.3, 0.4) is 0 Å². The van der Waals surface area contributed by atoms with Crippen molar-refractivity contribution in [1.29, 1.82) is 0 Å². The van der Waals surface area contributed by atoms with Crippen LogP contribution in [0, 0.1) is 0 Å². The Morgan fingerprint density at radius 2 is 1.26 bits per heavy atom. The average molecular weight is 398 g/mol. The van der Waals surface area contributed by atoms with E-state index in [4.69, 9.17) is 4.98 Å². The maximum Gasteiger partial charge on any atom is 0.138 e. The molecule has 0 aliphatic rings. The lowest BCUT2D eigenvalue weighted by Gasteiger charge is -2.12. The minimum atomic E-state index is 0.880. The van der Waals surface area contributed by atoms with E-state index >= 15 is 0 Å². The predicted molar refractivity (Wildman–Crippen MR) is 125 cm³/mol. The van der Waals surface area contributed by atoms with Crippen molar-refractivity contribution in [3.8, 4) is 28.2 Å². The molecule has 6 rings (SSSR count). The lowest BCUT2D eigenvalue weighted by atomic mass is 10.0. The topological polar surface area (TPSA) is 43.6 Å². The van der Waals surface area contributed by atoms with Crippen molar-refractivity contribution in [2.75, 3.05) is 0 Å². The average Bonchev–Trinajstić information content (AvgIpc) is 3.19. The molecule has 0 aliphatic heterocycles. The lowest BCUT2D eigenvalue weighted by Crippen LogP contribution is -2.00. The SMILES string of the molecule is c1cncc(-c2cc(-c3ccncc3)cc(-n3c4ccccc4c4ccccc43)n2)c1. The second-order valence-corrected chi connectivity index (χ2v) is 7.45. The van der Waals surface area contributed by atoms with Gasteiger partial charge in [0, 0.05) is 41.1 Å². The number of aromatic nitrogens is 4. The van der Waals surface area contributed by atoms with E-state index in [2.05, 4.69) is 75.2 Å².